The van der Waals surface area contributed by atoms with Gasteiger partial charge in [-0.1, -0.05) is 33.1 Å². The molecule has 1 aromatic rings. The van der Waals surface area contributed by atoms with Gasteiger partial charge in [-0.2, -0.15) is 0 Å². The van der Waals surface area contributed by atoms with Gasteiger partial charge in [-0.05, 0) is 24.5 Å². The van der Waals surface area contributed by atoms with E-state index in [1.165, 1.54) is 25.0 Å². The van der Waals surface area contributed by atoms with Crippen LogP contribution >= 0.6 is 0 Å². The van der Waals surface area contributed by atoms with Crippen LogP contribution in [0.5, 0.6) is 11.5 Å². The largest absolute Gasteiger partial charge is 1.00 e. The summed E-state index contributed by atoms with van der Waals surface area (Å²) in [5, 5.41) is 18.4. The van der Waals surface area contributed by atoms with Crippen LogP contribution in [0.3, 0.4) is 0 Å². The maximum absolute atomic E-state index is 10.8. The summed E-state index contributed by atoms with van der Waals surface area (Å²) >= 11 is 0. The molecule has 0 saturated carbocycles. The minimum Gasteiger partial charge on any atom is -1.00 e. The summed E-state index contributed by atoms with van der Waals surface area (Å²) in [6.45, 7) is 4.90. The zero-order valence-corrected chi connectivity index (χ0v) is 14.6. The number of unbranched alkanes of at least 4 members (excludes halogenated alkanes) is 1. The van der Waals surface area contributed by atoms with E-state index in [2.05, 4.69) is 13.8 Å². The number of carboxylic acid groups (broad SMARTS) is 1. The van der Waals surface area contributed by atoms with Gasteiger partial charge in [-0.25, -0.2) is 4.79 Å². The molecule has 20 heavy (non-hydrogen) atoms. The third-order valence-electron chi connectivity index (χ3n) is 3.23. The summed E-state index contributed by atoms with van der Waals surface area (Å²) in [4.78, 5) is 10.8. The van der Waals surface area contributed by atoms with Crippen molar-refractivity contribution in [1.29, 1.82) is 0 Å². The van der Waals surface area contributed by atoms with E-state index >= 15 is 0 Å². The number of benzene rings is 1. The first kappa shape index (κ1) is 19.3. The third-order valence-corrected chi connectivity index (χ3v) is 3.23. The van der Waals surface area contributed by atoms with E-state index in [0.29, 0.717) is 18.3 Å². The fraction of sp³-hybridized carbons (Fsp3) is 0.533. The maximum atomic E-state index is 10.8. The summed E-state index contributed by atoms with van der Waals surface area (Å²) in [5.41, 5.74) is -0.106. The van der Waals surface area contributed by atoms with Crippen LogP contribution < -0.4 is 34.3 Å². The Kier molecular flexibility index (Phi) is 9.72. The second-order valence-electron chi connectivity index (χ2n) is 4.71. The summed E-state index contributed by atoms with van der Waals surface area (Å²) in [7, 11) is 0. The summed E-state index contributed by atoms with van der Waals surface area (Å²) in [5.74, 6) is -0.385. The minimum atomic E-state index is -1.14. The van der Waals surface area contributed by atoms with Gasteiger partial charge in [0, 0.05) is 6.07 Å². The van der Waals surface area contributed by atoms with Crippen LogP contribution in [0.15, 0.2) is 18.2 Å². The molecule has 1 rings (SSSR count). The molecule has 1 aromatic carbocycles. The van der Waals surface area contributed by atoms with Crippen molar-refractivity contribution in [3.05, 3.63) is 23.8 Å². The summed E-state index contributed by atoms with van der Waals surface area (Å²) in [6.07, 6.45) is 4.54. The average Bonchev–Trinajstić information content (AvgIpc) is 2.38. The first-order valence-electron chi connectivity index (χ1n) is 6.77. The molecule has 4 nitrogen and oxygen atoms in total. The van der Waals surface area contributed by atoms with Gasteiger partial charge in [0.1, 0.15) is 17.1 Å². The number of carboxylic acids is 1. The fourth-order valence-electron chi connectivity index (χ4n) is 1.89. The monoisotopic (exact) mass is 290 g/mol. The van der Waals surface area contributed by atoms with Gasteiger partial charge < -0.3 is 16.4 Å². The predicted molar refractivity (Wildman–Crippen MR) is 75.0 cm³/mol. The molecule has 0 aliphatic heterocycles. The molecule has 0 aliphatic rings. The van der Waals surface area contributed by atoms with Crippen molar-refractivity contribution in [2.45, 2.75) is 39.5 Å². The number of aromatic carboxylic acids is 1. The Balaban J connectivity index is 0. The first-order chi connectivity index (χ1) is 9.08. The maximum Gasteiger partial charge on any atom is 1.00 e. The molecule has 1 atom stereocenters. The second-order valence-corrected chi connectivity index (χ2v) is 4.71. The van der Waals surface area contributed by atoms with E-state index in [0.717, 1.165) is 12.8 Å². The standard InChI is InChI=1S/C15H22O4.Na.H/c1-3-5-6-11(4-2)10-19-12-7-8-13(15(17)18)14(16)9-12;;/h7-9,11,16H,3-6,10H2,1-2H3,(H,17,18);;/q;+1;-1. The molecule has 108 valence electrons. The molecule has 0 aromatic heterocycles. The van der Waals surface area contributed by atoms with Crippen LogP contribution in [-0.2, 0) is 0 Å². The van der Waals surface area contributed by atoms with E-state index in [9.17, 15) is 9.90 Å². The Bertz CT molecular complexity index is 426. The van der Waals surface area contributed by atoms with Crippen molar-refractivity contribution >= 4 is 5.97 Å². The topological polar surface area (TPSA) is 66.8 Å². The number of hydrogen-bond acceptors (Lipinski definition) is 3. The summed E-state index contributed by atoms with van der Waals surface area (Å²) in [6, 6.07) is 4.30. The number of hydrogen-bond donors (Lipinski definition) is 2. The van der Waals surface area contributed by atoms with Crippen molar-refractivity contribution in [2.24, 2.45) is 5.92 Å². The first-order valence-corrected chi connectivity index (χ1v) is 6.77. The minimum absolute atomic E-state index is 0. The second kappa shape index (κ2) is 10.1. The van der Waals surface area contributed by atoms with Gasteiger partial charge in [0.15, 0.2) is 0 Å². The molecular formula is C15H23NaO4. The van der Waals surface area contributed by atoms with Crippen LogP contribution in [-0.4, -0.2) is 22.8 Å². The quantitative estimate of drug-likeness (QED) is 0.695. The van der Waals surface area contributed by atoms with Gasteiger partial charge >= 0.3 is 35.5 Å². The Labute approximate surface area is 143 Å². The molecule has 0 bridgehead atoms. The molecule has 2 N–H and O–H groups in total. The Morgan fingerprint density at radius 1 is 1.40 bits per heavy atom. The van der Waals surface area contributed by atoms with Crippen molar-refractivity contribution in [3.8, 4) is 11.5 Å². The zero-order valence-electron chi connectivity index (χ0n) is 13.6. The molecule has 0 amide bonds. The van der Waals surface area contributed by atoms with Gasteiger partial charge in [-0.3, -0.25) is 0 Å². The van der Waals surface area contributed by atoms with Gasteiger partial charge in [0.25, 0.3) is 0 Å². The number of phenols is 1. The predicted octanol–water partition coefficient (Wildman–Crippen LogP) is 0.802. The van der Waals surface area contributed by atoms with Crippen LogP contribution in [0.2, 0.25) is 0 Å². The Morgan fingerprint density at radius 2 is 2.10 bits per heavy atom. The SMILES string of the molecule is CCCCC(CC)COc1ccc(C(=O)O)c(O)c1.[H-].[Na+]. The van der Waals surface area contributed by atoms with Crippen molar-refractivity contribution in [3.63, 3.8) is 0 Å². The van der Waals surface area contributed by atoms with E-state index in [1.54, 1.807) is 6.07 Å². The van der Waals surface area contributed by atoms with Crippen LogP contribution in [0.25, 0.3) is 0 Å². The Hall–Kier alpha value is -0.710. The molecule has 0 radical (unpaired) electrons. The molecule has 1 unspecified atom stereocenters. The van der Waals surface area contributed by atoms with E-state index < -0.39 is 5.97 Å². The van der Waals surface area contributed by atoms with Crippen LogP contribution in [0, 0.1) is 5.92 Å². The molecule has 0 fully saturated rings. The molecule has 0 spiro atoms. The van der Waals surface area contributed by atoms with E-state index in [-0.39, 0.29) is 42.3 Å². The summed E-state index contributed by atoms with van der Waals surface area (Å²) < 4.78 is 5.62. The fourth-order valence-corrected chi connectivity index (χ4v) is 1.89. The molecular weight excluding hydrogens is 267 g/mol. The van der Waals surface area contributed by atoms with Gasteiger partial charge in [-0.15, -0.1) is 0 Å². The number of carbonyl (C=O) groups is 1. The smallest absolute Gasteiger partial charge is 1.00 e. The van der Waals surface area contributed by atoms with E-state index in [4.69, 9.17) is 9.84 Å². The van der Waals surface area contributed by atoms with E-state index in [1.807, 2.05) is 0 Å². The third kappa shape index (κ3) is 6.16. The molecule has 5 heteroatoms. The number of ether oxygens (including phenoxy) is 1. The van der Waals surface area contributed by atoms with Crippen LogP contribution in [0.4, 0.5) is 0 Å². The number of aromatic hydroxyl groups is 1. The Morgan fingerprint density at radius 3 is 2.60 bits per heavy atom. The number of rotatable bonds is 8. The van der Waals surface area contributed by atoms with Crippen molar-refractivity contribution in [2.75, 3.05) is 6.61 Å². The normalized spacial score (nSPS) is 11.5. The average molecular weight is 290 g/mol. The van der Waals surface area contributed by atoms with Crippen molar-refractivity contribution in [1.82, 2.24) is 0 Å². The molecule has 0 aliphatic carbocycles. The molecule has 0 saturated heterocycles. The van der Waals surface area contributed by atoms with Crippen LogP contribution in [0.1, 0.15) is 51.3 Å². The van der Waals surface area contributed by atoms with Gasteiger partial charge in [0.2, 0.25) is 0 Å². The molecule has 0 heterocycles. The van der Waals surface area contributed by atoms with Crippen molar-refractivity contribution < 1.29 is 50.7 Å². The zero-order chi connectivity index (χ0) is 14.3. The van der Waals surface area contributed by atoms with Gasteiger partial charge in [0.05, 0.1) is 6.61 Å².